The lowest BCUT2D eigenvalue weighted by Crippen LogP contribution is -2.34. The van der Waals surface area contributed by atoms with E-state index >= 15 is 0 Å². The Labute approximate surface area is 251 Å². The molecule has 1 atom stereocenters. The van der Waals surface area contributed by atoms with Gasteiger partial charge in [0.1, 0.15) is 6.29 Å². The van der Waals surface area contributed by atoms with Crippen LogP contribution in [0, 0.1) is 12.8 Å². The molecule has 0 aromatic heterocycles. The van der Waals surface area contributed by atoms with E-state index in [1.807, 2.05) is 12.1 Å². The predicted molar refractivity (Wildman–Crippen MR) is 167 cm³/mol. The van der Waals surface area contributed by atoms with Crippen LogP contribution in [0.15, 0.2) is 66.7 Å². The number of halogens is 3. The van der Waals surface area contributed by atoms with Crippen molar-refractivity contribution >= 4 is 42.7 Å². The summed E-state index contributed by atoms with van der Waals surface area (Å²) in [6.45, 7) is 8.39. The van der Waals surface area contributed by atoms with Crippen LogP contribution in [-0.2, 0) is 30.8 Å². The molecule has 0 aliphatic carbocycles. The van der Waals surface area contributed by atoms with Gasteiger partial charge in [0.25, 0.3) is 0 Å². The van der Waals surface area contributed by atoms with Crippen LogP contribution in [0.1, 0.15) is 65.0 Å². The molecule has 1 unspecified atom stereocenters. The number of hydrogen-bond donors (Lipinski definition) is 0. The van der Waals surface area contributed by atoms with E-state index in [9.17, 15) is 4.79 Å². The summed E-state index contributed by atoms with van der Waals surface area (Å²) in [6.07, 6.45) is 6.77. The second-order valence-corrected chi connectivity index (χ2v) is 11.5. The number of carbonyl (C=O) groups excluding carboxylic acids is 1. The Hall–Kier alpha value is -1.88. The number of fused-ring (bicyclic) bond motifs is 1. The van der Waals surface area contributed by atoms with Crippen molar-refractivity contribution in [2.75, 3.05) is 19.6 Å². The lowest BCUT2D eigenvalue weighted by atomic mass is 9.83. The van der Waals surface area contributed by atoms with E-state index in [1.54, 1.807) is 0 Å². The molecule has 3 aromatic rings. The minimum absolute atomic E-state index is 0. The van der Waals surface area contributed by atoms with Gasteiger partial charge in [-0.2, -0.15) is 0 Å². The highest BCUT2D eigenvalue weighted by Gasteiger charge is 2.24. The number of aldehydes is 1. The molecule has 0 spiro atoms. The quantitative estimate of drug-likeness (QED) is 0.249. The molecule has 2 aliphatic rings. The van der Waals surface area contributed by atoms with Crippen LogP contribution in [0.4, 0.5) is 0 Å². The summed E-state index contributed by atoms with van der Waals surface area (Å²) < 4.78 is 0. The highest BCUT2D eigenvalue weighted by molar-refractivity contribution is 6.30. The van der Waals surface area contributed by atoms with Gasteiger partial charge in [-0.25, -0.2) is 0 Å². The van der Waals surface area contributed by atoms with E-state index in [0.29, 0.717) is 5.92 Å². The first-order chi connectivity index (χ1) is 18.1. The summed E-state index contributed by atoms with van der Waals surface area (Å²) in [4.78, 5) is 17.4. The molecule has 0 saturated carbocycles. The monoisotopic (exact) mass is 586 g/mol. The fraction of sp³-hybridized carbons (Fsp3) is 0.424. The van der Waals surface area contributed by atoms with E-state index in [0.717, 1.165) is 63.6 Å². The molecule has 3 aromatic carbocycles. The standard InChI is InChI=1S/C33H39ClN2O.2ClH/c1-25-6-2-3-8-30(25)22-35-16-13-26(14-17-35)18-32(24-37)29-12-11-28-9-5-15-36(23-31(28)20-29)21-27-7-4-10-33(34)19-27;;/h2-4,6-8,10-12,19-20,24,26,32H,5,9,13-18,21-23H2,1H3;2*1H. The Kier molecular flexibility index (Phi) is 12.3. The van der Waals surface area contributed by atoms with Crippen molar-refractivity contribution in [1.82, 2.24) is 9.80 Å². The van der Waals surface area contributed by atoms with E-state index in [1.165, 1.54) is 52.5 Å². The van der Waals surface area contributed by atoms with Gasteiger partial charge in [0, 0.05) is 30.6 Å². The number of nitrogens with zero attached hydrogens (tertiary/aromatic N) is 2. The molecule has 2 aliphatic heterocycles. The molecule has 210 valence electrons. The van der Waals surface area contributed by atoms with E-state index in [-0.39, 0.29) is 30.7 Å². The summed E-state index contributed by atoms with van der Waals surface area (Å²) in [5.74, 6) is 0.601. The maximum atomic E-state index is 12.3. The molecular formula is C33H41Cl3N2O. The zero-order valence-electron chi connectivity index (χ0n) is 22.9. The molecular weight excluding hydrogens is 547 g/mol. The first-order valence-electron chi connectivity index (χ1n) is 13.9. The normalized spacial score (nSPS) is 17.3. The third-order valence-electron chi connectivity index (χ3n) is 8.38. The zero-order valence-corrected chi connectivity index (χ0v) is 25.2. The van der Waals surface area contributed by atoms with E-state index < -0.39 is 0 Å². The maximum absolute atomic E-state index is 12.3. The number of piperidine rings is 1. The van der Waals surface area contributed by atoms with Crippen molar-refractivity contribution in [3.8, 4) is 0 Å². The predicted octanol–water partition coefficient (Wildman–Crippen LogP) is 8.03. The van der Waals surface area contributed by atoms with Gasteiger partial charge in [-0.15, -0.1) is 24.8 Å². The highest BCUT2D eigenvalue weighted by Crippen LogP contribution is 2.32. The molecule has 0 radical (unpaired) electrons. The average Bonchev–Trinajstić information content (AvgIpc) is 3.10. The van der Waals surface area contributed by atoms with E-state index in [4.69, 9.17) is 11.6 Å². The Morgan fingerprint density at radius 3 is 2.44 bits per heavy atom. The van der Waals surface area contributed by atoms with Crippen LogP contribution in [0.2, 0.25) is 5.02 Å². The number of hydrogen-bond acceptors (Lipinski definition) is 3. The molecule has 0 bridgehead atoms. The van der Waals surface area contributed by atoms with Crippen molar-refractivity contribution in [2.24, 2.45) is 5.92 Å². The molecule has 5 rings (SSSR count). The molecule has 1 saturated heterocycles. The van der Waals surface area contributed by atoms with Gasteiger partial charge in [-0.3, -0.25) is 9.80 Å². The zero-order chi connectivity index (χ0) is 25.6. The Balaban J connectivity index is 0.00000210. The molecule has 39 heavy (non-hydrogen) atoms. The third-order valence-corrected chi connectivity index (χ3v) is 8.62. The second kappa shape index (κ2) is 15.2. The SMILES string of the molecule is Cc1ccccc1CN1CCC(CC(C=O)c2ccc3c(c2)CN(Cc2cccc(Cl)c2)CCC3)CC1.Cl.Cl. The van der Waals surface area contributed by atoms with Crippen LogP contribution in [0.3, 0.4) is 0 Å². The summed E-state index contributed by atoms with van der Waals surface area (Å²) in [6, 6.07) is 23.7. The lowest BCUT2D eigenvalue weighted by Gasteiger charge is -2.33. The summed E-state index contributed by atoms with van der Waals surface area (Å²) in [7, 11) is 0. The Bertz CT molecular complexity index is 1210. The molecule has 1 fully saturated rings. The number of benzene rings is 3. The summed E-state index contributed by atoms with van der Waals surface area (Å²) in [5.41, 5.74) is 8.08. The first-order valence-corrected chi connectivity index (χ1v) is 14.3. The molecule has 0 N–H and O–H groups in total. The maximum Gasteiger partial charge on any atom is 0.127 e. The molecule has 0 amide bonds. The van der Waals surface area contributed by atoms with Gasteiger partial charge in [-0.05, 0) is 110 Å². The largest absolute Gasteiger partial charge is 0.303 e. The van der Waals surface area contributed by atoms with Gasteiger partial charge < -0.3 is 4.79 Å². The van der Waals surface area contributed by atoms with Crippen LogP contribution in [0.25, 0.3) is 0 Å². The smallest absolute Gasteiger partial charge is 0.127 e. The summed E-state index contributed by atoms with van der Waals surface area (Å²) >= 11 is 6.22. The van der Waals surface area contributed by atoms with Gasteiger partial charge in [0.15, 0.2) is 0 Å². The van der Waals surface area contributed by atoms with Crippen LogP contribution in [0.5, 0.6) is 0 Å². The van der Waals surface area contributed by atoms with E-state index in [2.05, 4.69) is 71.3 Å². The minimum Gasteiger partial charge on any atom is -0.303 e. The molecule has 2 heterocycles. The van der Waals surface area contributed by atoms with Crippen molar-refractivity contribution in [1.29, 1.82) is 0 Å². The third kappa shape index (κ3) is 8.55. The molecule has 6 heteroatoms. The van der Waals surface area contributed by atoms with Crippen molar-refractivity contribution in [3.05, 3.63) is 105 Å². The lowest BCUT2D eigenvalue weighted by molar-refractivity contribution is -0.109. The minimum atomic E-state index is -0.0112. The Morgan fingerprint density at radius 1 is 0.897 bits per heavy atom. The number of aryl methyl sites for hydroxylation is 2. The van der Waals surface area contributed by atoms with Crippen molar-refractivity contribution in [3.63, 3.8) is 0 Å². The highest BCUT2D eigenvalue weighted by atomic mass is 35.5. The molecule has 3 nitrogen and oxygen atoms in total. The second-order valence-electron chi connectivity index (χ2n) is 11.1. The fourth-order valence-electron chi connectivity index (χ4n) is 6.15. The van der Waals surface area contributed by atoms with Gasteiger partial charge in [0.2, 0.25) is 0 Å². The average molecular weight is 588 g/mol. The fourth-order valence-corrected chi connectivity index (χ4v) is 6.36. The topological polar surface area (TPSA) is 23.6 Å². The number of likely N-dealkylation sites (tertiary alicyclic amines) is 1. The van der Waals surface area contributed by atoms with Crippen molar-refractivity contribution < 1.29 is 4.79 Å². The summed E-state index contributed by atoms with van der Waals surface area (Å²) in [5, 5.41) is 0.796. The van der Waals surface area contributed by atoms with Gasteiger partial charge in [0.05, 0.1) is 0 Å². The Morgan fingerprint density at radius 2 is 1.69 bits per heavy atom. The first kappa shape index (κ1) is 31.6. The van der Waals surface area contributed by atoms with Gasteiger partial charge in [-0.1, -0.05) is 66.2 Å². The van der Waals surface area contributed by atoms with Crippen LogP contribution < -0.4 is 0 Å². The number of rotatable bonds is 8. The van der Waals surface area contributed by atoms with Crippen molar-refractivity contribution in [2.45, 2.75) is 64.6 Å². The van der Waals surface area contributed by atoms with Crippen LogP contribution in [-0.4, -0.2) is 35.7 Å². The van der Waals surface area contributed by atoms with Crippen LogP contribution >= 0.6 is 36.4 Å². The van der Waals surface area contributed by atoms with Gasteiger partial charge >= 0.3 is 0 Å². The number of carbonyl (C=O) groups is 1.